The van der Waals surface area contributed by atoms with Crippen LogP contribution in [0.15, 0.2) is 36.9 Å². The predicted molar refractivity (Wildman–Crippen MR) is 100 cm³/mol. The van der Waals surface area contributed by atoms with Gasteiger partial charge >= 0.3 is 5.97 Å². The number of esters is 1. The molecule has 24 heavy (non-hydrogen) atoms. The number of alkyl halides is 1. The van der Waals surface area contributed by atoms with Crippen LogP contribution in [0.1, 0.15) is 30.7 Å². The number of fused-ring (bicyclic) bond motifs is 2. The van der Waals surface area contributed by atoms with E-state index in [0.29, 0.717) is 6.04 Å². The molecule has 2 fully saturated rings. The molecular weight excluding hydrogens is 420 g/mol. The first-order valence-electron chi connectivity index (χ1n) is 8.39. The lowest BCUT2D eigenvalue weighted by molar-refractivity contribution is -0.951. The number of piperidine rings is 1. The van der Waals surface area contributed by atoms with Crippen LogP contribution < -0.4 is 0 Å². The Balaban J connectivity index is 2.03. The van der Waals surface area contributed by atoms with Gasteiger partial charge in [-0.1, -0.05) is 18.7 Å². The van der Waals surface area contributed by atoms with Crippen molar-refractivity contribution in [1.82, 2.24) is 0 Å². The van der Waals surface area contributed by atoms with Gasteiger partial charge in [0.05, 0.1) is 20.2 Å². The van der Waals surface area contributed by atoms with Gasteiger partial charge in [-0.05, 0) is 46.4 Å². The summed E-state index contributed by atoms with van der Waals surface area (Å²) >= 11 is 2.44. The Labute approximate surface area is 156 Å². The molecule has 0 aromatic heterocycles. The van der Waals surface area contributed by atoms with Crippen molar-refractivity contribution in [3.05, 3.63) is 48.3 Å². The van der Waals surface area contributed by atoms with Crippen molar-refractivity contribution in [3.63, 3.8) is 0 Å². The largest absolute Gasteiger partial charge is 0.469 e. The van der Waals surface area contributed by atoms with E-state index in [1.807, 2.05) is 18.2 Å². The fraction of sp³-hybridized carbons (Fsp3) is 0.526. The first kappa shape index (κ1) is 17.9. The van der Waals surface area contributed by atoms with Gasteiger partial charge in [0.15, 0.2) is 4.05 Å². The number of benzene rings is 1. The van der Waals surface area contributed by atoms with E-state index in [1.54, 1.807) is 0 Å². The molecule has 0 saturated carbocycles. The summed E-state index contributed by atoms with van der Waals surface area (Å²) in [4.78, 5) is 12.7. The van der Waals surface area contributed by atoms with Gasteiger partial charge in [-0.25, -0.2) is 4.39 Å². The van der Waals surface area contributed by atoms with E-state index in [-0.39, 0.29) is 33.7 Å². The average molecular weight is 444 g/mol. The molecule has 3 rings (SSSR count). The molecule has 3 nitrogen and oxygen atoms in total. The van der Waals surface area contributed by atoms with Crippen LogP contribution >= 0.6 is 22.6 Å². The molecular formula is C19H24FINO2+. The van der Waals surface area contributed by atoms with Gasteiger partial charge in [0, 0.05) is 25.2 Å². The maximum atomic E-state index is 13.3. The molecule has 1 aromatic rings. The molecule has 1 aromatic carbocycles. The number of carbonyl (C=O) groups is 1. The number of carbonyl (C=O) groups excluding carboxylic acids is 1. The third kappa shape index (κ3) is 2.69. The summed E-state index contributed by atoms with van der Waals surface area (Å²) in [5.74, 6) is -0.491. The van der Waals surface area contributed by atoms with E-state index in [2.05, 4.69) is 36.2 Å². The molecule has 130 valence electrons. The number of ether oxygens (including phenoxy) is 1. The predicted octanol–water partition coefficient (Wildman–Crippen LogP) is 4.03. The Morgan fingerprint density at radius 2 is 2.08 bits per heavy atom. The number of hydrogen-bond donors (Lipinski definition) is 0. The molecule has 6 unspecified atom stereocenters. The molecule has 2 aliphatic rings. The summed E-state index contributed by atoms with van der Waals surface area (Å²) in [6.45, 7) is 3.97. The first-order chi connectivity index (χ1) is 11.4. The minimum absolute atomic E-state index is 0.0927. The minimum atomic E-state index is -0.244. The van der Waals surface area contributed by atoms with Crippen LogP contribution in [-0.2, 0) is 9.53 Å². The second-order valence-corrected chi connectivity index (χ2v) is 8.35. The van der Waals surface area contributed by atoms with E-state index < -0.39 is 0 Å². The highest BCUT2D eigenvalue weighted by Crippen LogP contribution is 2.53. The maximum Gasteiger partial charge on any atom is 0.315 e. The van der Waals surface area contributed by atoms with Crippen molar-refractivity contribution in [1.29, 1.82) is 0 Å². The summed E-state index contributed by atoms with van der Waals surface area (Å²) < 4.78 is 19.6. The molecule has 0 radical (unpaired) electrons. The fourth-order valence-corrected chi connectivity index (χ4v) is 5.76. The first-order valence-corrected chi connectivity index (χ1v) is 9.63. The Morgan fingerprint density at radius 1 is 1.42 bits per heavy atom. The van der Waals surface area contributed by atoms with Crippen molar-refractivity contribution < 1.29 is 18.4 Å². The second-order valence-electron chi connectivity index (χ2n) is 7.07. The summed E-state index contributed by atoms with van der Waals surface area (Å²) in [6.07, 6.45) is 5.04. The molecule has 2 heterocycles. The molecule has 0 N–H and O–H groups in total. The lowest BCUT2D eigenvalue weighted by Crippen LogP contribution is -2.64. The zero-order valence-electron chi connectivity index (χ0n) is 14.1. The van der Waals surface area contributed by atoms with Gasteiger partial charge in [-0.3, -0.25) is 4.79 Å². The third-order valence-corrected chi connectivity index (χ3v) is 7.88. The van der Waals surface area contributed by atoms with Crippen molar-refractivity contribution in [2.45, 2.75) is 41.3 Å². The molecule has 2 bridgehead atoms. The van der Waals surface area contributed by atoms with Crippen LogP contribution in [0.25, 0.3) is 0 Å². The molecule has 0 aliphatic carbocycles. The normalized spacial score (nSPS) is 36.2. The molecule has 0 amide bonds. The molecule has 2 aliphatic heterocycles. The molecule has 6 atom stereocenters. The monoisotopic (exact) mass is 444 g/mol. The Hall–Kier alpha value is -0.950. The lowest BCUT2D eigenvalue weighted by atomic mass is 9.74. The number of nitrogens with zero attached hydrogens (tertiary/aromatic N) is 1. The third-order valence-electron chi connectivity index (χ3n) is 6.17. The van der Waals surface area contributed by atoms with Gasteiger partial charge in [0.1, 0.15) is 17.8 Å². The van der Waals surface area contributed by atoms with E-state index in [9.17, 15) is 9.18 Å². The second kappa shape index (κ2) is 6.75. The Bertz CT molecular complexity index is 635. The number of rotatable bonds is 4. The summed E-state index contributed by atoms with van der Waals surface area (Å²) in [5.41, 5.74) is 1.04. The standard InChI is InChI=1S/C19H24FINO2/c1-4-17(21)22(2)14-9-10-16(22)18(19(23)24-3)15(11-14)12-5-7-13(20)8-6-12/h4-8,14-18H,1,9-11H2,2-3H3/q+1. The van der Waals surface area contributed by atoms with Crippen LogP contribution in [0.4, 0.5) is 4.39 Å². The molecule has 0 spiro atoms. The van der Waals surface area contributed by atoms with Gasteiger partial charge in [-0.15, -0.1) is 0 Å². The number of quaternary nitrogens is 1. The molecule has 2 saturated heterocycles. The minimum Gasteiger partial charge on any atom is -0.469 e. The SMILES string of the molecule is C=CC(I)[N+]1(C)C2CCC1C(C(=O)OC)C(c1ccc(F)cc1)C2. The average Bonchev–Trinajstić information content (AvgIpc) is 2.80. The number of hydrogen-bond acceptors (Lipinski definition) is 2. The van der Waals surface area contributed by atoms with Gasteiger partial charge in [0.2, 0.25) is 0 Å². The lowest BCUT2D eigenvalue weighted by Gasteiger charge is -2.52. The van der Waals surface area contributed by atoms with Gasteiger partial charge in [0.25, 0.3) is 0 Å². The maximum absolute atomic E-state index is 13.3. The van der Waals surface area contributed by atoms with Crippen molar-refractivity contribution in [3.8, 4) is 0 Å². The number of likely N-dealkylation sites (N-methyl/N-ethyl adjacent to an activating group) is 1. The summed E-state index contributed by atoms with van der Waals surface area (Å²) in [6, 6.07) is 7.32. The highest BCUT2D eigenvalue weighted by molar-refractivity contribution is 14.1. The molecule has 5 heteroatoms. The van der Waals surface area contributed by atoms with E-state index in [4.69, 9.17) is 4.74 Å². The van der Waals surface area contributed by atoms with E-state index in [0.717, 1.165) is 29.3 Å². The van der Waals surface area contributed by atoms with Gasteiger partial charge in [-0.2, -0.15) is 0 Å². The van der Waals surface area contributed by atoms with Crippen LogP contribution in [0.3, 0.4) is 0 Å². The topological polar surface area (TPSA) is 26.3 Å². The van der Waals surface area contributed by atoms with Gasteiger partial charge < -0.3 is 9.22 Å². The zero-order valence-corrected chi connectivity index (χ0v) is 16.3. The van der Waals surface area contributed by atoms with Crippen molar-refractivity contribution in [2.75, 3.05) is 14.2 Å². The van der Waals surface area contributed by atoms with Crippen LogP contribution in [-0.4, -0.2) is 40.7 Å². The highest BCUT2D eigenvalue weighted by Gasteiger charge is 2.61. The Morgan fingerprint density at radius 3 is 2.67 bits per heavy atom. The quantitative estimate of drug-likeness (QED) is 0.175. The van der Waals surface area contributed by atoms with Crippen LogP contribution in [0.2, 0.25) is 0 Å². The van der Waals surface area contributed by atoms with E-state index >= 15 is 0 Å². The van der Waals surface area contributed by atoms with Crippen LogP contribution in [0.5, 0.6) is 0 Å². The summed E-state index contributed by atoms with van der Waals surface area (Å²) in [7, 11) is 3.71. The van der Waals surface area contributed by atoms with Crippen molar-refractivity contribution in [2.24, 2.45) is 5.92 Å². The number of halogens is 2. The Kier molecular flexibility index (Phi) is 5.02. The smallest absolute Gasteiger partial charge is 0.315 e. The van der Waals surface area contributed by atoms with Crippen molar-refractivity contribution >= 4 is 28.6 Å². The summed E-state index contributed by atoms with van der Waals surface area (Å²) in [5, 5.41) is 0. The van der Waals surface area contributed by atoms with Crippen LogP contribution in [0, 0.1) is 11.7 Å². The number of methoxy groups -OCH3 is 1. The highest BCUT2D eigenvalue weighted by atomic mass is 127. The van der Waals surface area contributed by atoms with E-state index in [1.165, 1.54) is 19.2 Å². The zero-order chi connectivity index (χ0) is 17.5. The fourth-order valence-electron chi connectivity index (χ4n) is 4.89.